The van der Waals surface area contributed by atoms with E-state index >= 15 is 0 Å². The summed E-state index contributed by atoms with van der Waals surface area (Å²) in [7, 11) is 0. The first-order valence-corrected chi connectivity index (χ1v) is 3.70. The van der Waals surface area contributed by atoms with Crippen molar-refractivity contribution in [2.45, 2.75) is 25.6 Å². The summed E-state index contributed by atoms with van der Waals surface area (Å²) in [5, 5.41) is 0. The minimum atomic E-state index is 0.0735. The first kappa shape index (κ1) is 6.77. The van der Waals surface area contributed by atoms with Crippen LogP contribution in [0.5, 0.6) is 0 Å². The molecule has 1 aliphatic heterocycles. The lowest BCUT2D eigenvalue weighted by molar-refractivity contribution is -0.0832. The number of ether oxygens (including phenoxy) is 1. The quantitative estimate of drug-likeness (QED) is 0.638. The second-order valence-electron chi connectivity index (χ2n) is 1.89. The molecule has 3 heteroatoms. The molecule has 0 aromatic carbocycles. The zero-order valence-corrected chi connectivity index (χ0v) is 6.76. The Hall–Kier alpha value is 0.650. The highest BCUT2D eigenvalue weighted by Gasteiger charge is 2.11. The van der Waals surface area contributed by atoms with Crippen LogP contribution in [0, 0.1) is 0 Å². The zero-order valence-electron chi connectivity index (χ0n) is 4.60. The van der Waals surface area contributed by atoms with Crippen LogP contribution in [-0.2, 0) is 7.80 Å². The predicted octanol–water partition coefficient (Wildman–Crippen LogP) is 1.88. The summed E-state index contributed by atoms with van der Waals surface area (Å²) < 4.78 is 10.1. The van der Waals surface area contributed by atoms with Crippen molar-refractivity contribution < 1.29 is 7.80 Å². The second kappa shape index (κ2) is 3.63. The molecule has 48 valence electrons. The maximum Gasteiger partial charge on any atom is 0.168 e. The van der Waals surface area contributed by atoms with Gasteiger partial charge in [-0.2, -0.15) is 0 Å². The molecule has 1 atom stereocenters. The lowest BCUT2D eigenvalue weighted by Crippen LogP contribution is -2.18. The van der Waals surface area contributed by atoms with E-state index in [4.69, 9.17) is 7.80 Å². The van der Waals surface area contributed by atoms with Crippen molar-refractivity contribution in [1.82, 2.24) is 0 Å². The minimum absolute atomic E-state index is 0.0735. The molecular weight excluding hydrogens is 219 g/mol. The van der Waals surface area contributed by atoms with Crippen LogP contribution in [-0.4, -0.2) is 12.9 Å². The molecule has 0 aromatic heterocycles. The van der Waals surface area contributed by atoms with Crippen LogP contribution in [0.15, 0.2) is 0 Å². The van der Waals surface area contributed by atoms with Gasteiger partial charge in [0.2, 0.25) is 0 Å². The maximum atomic E-state index is 5.20. The van der Waals surface area contributed by atoms with Crippen LogP contribution in [0.3, 0.4) is 0 Å². The molecule has 1 fully saturated rings. The Bertz CT molecular complexity index is 61.4. The summed E-state index contributed by atoms with van der Waals surface area (Å²) >= 11 is 1.88. The highest BCUT2D eigenvalue weighted by Crippen LogP contribution is 2.15. The predicted molar refractivity (Wildman–Crippen MR) is 38.7 cm³/mol. The molecule has 0 aliphatic carbocycles. The molecule has 1 aliphatic rings. The Balaban J connectivity index is 2.13. The molecule has 0 aromatic rings. The van der Waals surface area contributed by atoms with E-state index in [1.54, 1.807) is 0 Å². The van der Waals surface area contributed by atoms with Crippen molar-refractivity contribution in [3.63, 3.8) is 0 Å². The molecule has 0 N–H and O–H groups in total. The van der Waals surface area contributed by atoms with E-state index in [1.807, 2.05) is 23.0 Å². The summed E-state index contributed by atoms with van der Waals surface area (Å²) in [6, 6.07) is 0. The number of hydrogen-bond donors (Lipinski definition) is 0. The second-order valence-corrected chi connectivity index (χ2v) is 2.39. The average molecular weight is 228 g/mol. The van der Waals surface area contributed by atoms with Gasteiger partial charge in [0.25, 0.3) is 0 Å². The van der Waals surface area contributed by atoms with Crippen molar-refractivity contribution >= 4 is 23.0 Å². The molecule has 0 radical (unpaired) electrons. The highest BCUT2D eigenvalue weighted by molar-refractivity contribution is 14.1. The van der Waals surface area contributed by atoms with Crippen molar-refractivity contribution in [1.29, 1.82) is 0 Å². The lowest BCUT2D eigenvalue weighted by atomic mass is 10.2. The highest BCUT2D eigenvalue weighted by atomic mass is 127. The molecule has 1 heterocycles. The molecule has 0 amide bonds. The summed E-state index contributed by atoms with van der Waals surface area (Å²) in [6.45, 7) is 0.869. The van der Waals surface area contributed by atoms with Crippen molar-refractivity contribution in [2.75, 3.05) is 6.61 Å². The number of hydrogen-bond acceptors (Lipinski definition) is 2. The van der Waals surface area contributed by atoms with Crippen LogP contribution >= 0.6 is 23.0 Å². The summed E-state index contributed by atoms with van der Waals surface area (Å²) in [4.78, 5) is 0. The molecule has 0 spiro atoms. The fourth-order valence-electron chi connectivity index (χ4n) is 0.781. The minimum Gasteiger partial charge on any atom is -0.352 e. The standard InChI is InChI=1S/C5H9IO2/c6-8-5-3-1-2-4-7-5/h5H,1-4H2. The van der Waals surface area contributed by atoms with Gasteiger partial charge in [-0.3, -0.25) is 3.07 Å². The molecular formula is C5H9IO2. The van der Waals surface area contributed by atoms with Gasteiger partial charge in [-0.25, -0.2) is 0 Å². The molecule has 2 nitrogen and oxygen atoms in total. The van der Waals surface area contributed by atoms with E-state index in [1.165, 1.54) is 12.8 Å². The van der Waals surface area contributed by atoms with Crippen LogP contribution in [0.4, 0.5) is 0 Å². The van der Waals surface area contributed by atoms with Gasteiger partial charge in [0.15, 0.2) is 6.29 Å². The van der Waals surface area contributed by atoms with Crippen molar-refractivity contribution in [3.8, 4) is 0 Å². The smallest absolute Gasteiger partial charge is 0.168 e. The lowest BCUT2D eigenvalue weighted by Gasteiger charge is -2.18. The Labute approximate surface area is 63.2 Å². The van der Waals surface area contributed by atoms with Gasteiger partial charge in [0, 0.05) is 6.61 Å². The molecule has 0 saturated carbocycles. The zero-order chi connectivity index (χ0) is 5.82. The topological polar surface area (TPSA) is 18.5 Å². The van der Waals surface area contributed by atoms with Gasteiger partial charge in [0.05, 0.1) is 0 Å². The van der Waals surface area contributed by atoms with Crippen LogP contribution in [0.2, 0.25) is 0 Å². The first-order chi connectivity index (χ1) is 3.93. The van der Waals surface area contributed by atoms with E-state index in [0.717, 1.165) is 13.0 Å². The molecule has 1 rings (SSSR count). The van der Waals surface area contributed by atoms with Gasteiger partial charge in [-0.15, -0.1) is 0 Å². The molecule has 1 saturated heterocycles. The third-order valence-electron chi connectivity index (χ3n) is 1.24. The summed E-state index contributed by atoms with van der Waals surface area (Å²) in [5.41, 5.74) is 0. The Morgan fingerprint density at radius 2 is 2.38 bits per heavy atom. The van der Waals surface area contributed by atoms with Crippen LogP contribution in [0.1, 0.15) is 19.3 Å². The third-order valence-corrected chi connectivity index (χ3v) is 1.80. The molecule has 8 heavy (non-hydrogen) atoms. The van der Waals surface area contributed by atoms with Crippen LogP contribution < -0.4 is 0 Å². The first-order valence-electron chi connectivity index (χ1n) is 2.82. The average Bonchev–Trinajstić information content (AvgIpc) is 1.90. The normalized spacial score (nSPS) is 30.4. The van der Waals surface area contributed by atoms with Gasteiger partial charge in [-0.1, -0.05) is 0 Å². The number of rotatable bonds is 1. The maximum absolute atomic E-state index is 5.20. The number of halogens is 1. The monoisotopic (exact) mass is 228 g/mol. The van der Waals surface area contributed by atoms with Gasteiger partial charge in [0.1, 0.15) is 23.0 Å². The van der Waals surface area contributed by atoms with Gasteiger partial charge < -0.3 is 4.74 Å². The SMILES string of the molecule is IOC1CCCCO1. The fourth-order valence-corrected chi connectivity index (χ4v) is 1.18. The van der Waals surface area contributed by atoms with E-state index < -0.39 is 0 Å². The summed E-state index contributed by atoms with van der Waals surface area (Å²) in [5.74, 6) is 0. The van der Waals surface area contributed by atoms with Crippen molar-refractivity contribution in [3.05, 3.63) is 0 Å². The Morgan fingerprint density at radius 1 is 1.50 bits per heavy atom. The van der Waals surface area contributed by atoms with E-state index in [9.17, 15) is 0 Å². The van der Waals surface area contributed by atoms with E-state index in [-0.39, 0.29) is 6.29 Å². The van der Waals surface area contributed by atoms with Crippen molar-refractivity contribution in [2.24, 2.45) is 0 Å². The van der Waals surface area contributed by atoms with Gasteiger partial charge >= 0.3 is 0 Å². The Morgan fingerprint density at radius 3 is 2.75 bits per heavy atom. The van der Waals surface area contributed by atoms with E-state index in [0.29, 0.717) is 0 Å². The third kappa shape index (κ3) is 1.87. The molecule has 0 bridgehead atoms. The summed E-state index contributed by atoms with van der Waals surface area (Å²) in [6.07, 6.45) is 3.57. The largest absolute Gasteiger partial charge is 0.352 e. The van der Waals surface area contributed by atoms with E-state index in [2.05, 4.69) is 0 Å². The fraction of sp³-hybridized carbons (Fsp3) is 1.00. The molecule has 1 unspecified atom stereocenters. The van der Waals surface area contributed by atoms with Crippen LogP contribution in [0.25, 0.3) is 0 Å². The Kier molecular flexibility index (Phi) is 3.07. The van der Waals surface area contributed by atoms with Gasteiger partial charge in [-0.05, 0) is 19.3 Å².